The molecule has 4 fully saturated rings. The Bertz CT molecular complexity index is 712. The Kier molecular flexibility index (Phi) is 2.50. The second-order valence-corrected chi connectivity index (χ2v) is 7.82. The van der Waals surface area contributed by atoms with Crippen LogP contribution in [0, 0.1) is 23.2 Å². The lowest BCUT2D eigenvalue weighted by Gasteiger charge is -2.55. The number of anilines is 1. The minimum absolute atomic E-state index is 0.0856. The van der Waals surface area contributed by atoms with Crippen molar-refractivity contribution in [3.8, 4) is 0 Å². The lowest BCUT2D eigenvalue weighted by Crippen LogP contribution is -2.51. The zero-order valence-corrected chi connectivity index (χ0v) is 12.6. The van der Waals surface area contributed by atoms with Gasteiger partial charge in [-0.25, -0.2) is 0 Å². The van der Waals surface area contributed by atoms with E-state index in [1.165, 1.54) is 19.3 Å². The van der Waals surface area contributed by atoms with Gasteiger partial charge in [0.1, 0.15) is 0 Å². The van der Waals surface area contributed by atoms with E-state index < -0.39 is 0 Å². The maximum Gasteiger partial charge on any atom is 0.230 e. The number of nitrogens with zero attached hydrogens (tertiary/aromatic N) is 1. The molecule has 1 aromatic heterocycles. The molecule has 0 unspecified atom stereocenters. The third-order valence-corrected chi connectivity index (χ3v) is 6.22. The lowest BCUT2D eigenvalue weighted by molar-refractivity contribution is -0.140. The van der Waals surface area contributed by atoms with E-state index in [9.17, 15) is 4.79 Å². The fraction of sp³-hybridized carbons (Fsp3) is 0.556. The van der Waals surface area contributed by atoms with Gasteiger partial charge >= 0.3 is 0 Å². The third-order valence-electron chi connectivity index (χ3n) is 6.22. The highest BCUT2D eigenvalue weighted by Gasteiger charge is 2.54. The molecule has 1 aromatic carbocycles. The number of H-pyrrole nitrogens is 1. The minimum Gasteiger partial charge on any atom is -0.326 e. The smallest absolute Gasteiger partial charge is 0.230 e. The molecule has 4 bridgehead atoms. The largest absolute Gasteiger partial charge is 0.326 e. The fourth-order valence-electron chi connectivity index (χ4n) is 5.67. The summed E-state index contributed by atoms with van der Waals surface area (Å²) >= 11 is 0. The topological polar surface area (TPSA) is 57.8 Å². The van der Waals surface area contributed by atoms with Crippen LogP contribution in [0.15, 0.2) is 24.4 Å². The molecule has 1 amide bonds. The second kappa shape index (κ2) is 4.34. The van der Waals surface area contributed by atoms with Gasteiger partial charge in [0.2, 0.25) is 5.91 Å². The second-order valence-electron chi connectivity index (χ2n) is 7.82. The number of benzene rings is 1. The summed E-state index contributed by atoms with van der Waals surface area (Å²) in [7, 11) is 0. The molecule has 4 aliphatic carbocycles. The highest BCUT2D eigenvalue weighted by molar-refractivity contribution is 5.97. The van der Waals surface area contributed by atoms with Gasteiger partial charge in [-0.05, 0) is 74.5 Å². The summed E-state index contributed by atoms with van der Waals surface area (Å²) in [6.45, 7) is 0. The third kappa shape index (κ3) is 1.82. The first kappa shape index (κ1) is 12.7. The van der Waals surface area contributed by atoms with Gasteiger partial charge in [-0.2, -0.15) is 5.10 Å². The Morgan fingerprint density at radius 2 is 1.82 bits per heavy atom. The predicted octanol–water partition coefficient (Wildman–Crippen LogP) is 3.72. The van der Waals surface area contributed by atoms with E-state index in [0.29, 0.717) is 0 Å². The zero-order chi connectivity index (χ0) is 14.7. The van der Waals surface area contributed by atoms with E-state index >= 15 is 0 Å². The maximum absolute atomic E-state index is 13.0. The number of carbonyl (C=O) groups is 1. The molecule has 4 heteroatoms. The lowest BCUT2D eigenvalue weighted by atomic mass is 9.49. The number of nitrogens with one attached hydrogen (secondary N) is 2. The van der Waals surface area contributed by atoms with Gasteiger partial charge in [-0.15, -0.1) is 0 Å². The van der Waals surface area contributed by atoms with Crippen LogP contribution in [0.1, 0.15) is 38.5 Å². The first-order valence-electron chi connectivity index (χ1n) is 8.45. The van der Waals surface area contributed by atoms with Crippen LogP contribution >= 0.6 is 0 Å². The van der Waals surface area contributed by atoms with Crippen molar-refractivity contribution in [3.05, 3.63) is 24.4 Å². The van der Waals surface area contributed by atoms with Crippen LogP contribution in [-0.4, -0.2) is 16.1 Å². The highest BCUT2D eigenvalue weighted by Crippen LogP contribution is 2.60. The van der Waals surface area contributed by atoms with Crippen molar-refractivity contribution in [1.82, 2.24) is 10.2 Å². The number of aromatic amines is 1. The molecule has 4 saturated carbocycles. The molecule has 0 radical (unpaired) electrons. The van der Waals surface area contributed by atoms with E-state index in [1.807, 2.05) is 18.2 Å². The Morgan fingerprint density at radius 1 is 1.14 bits per heavy atom. The Morgan fingerprint density at radius 3 is 2.50 bits per heavy atom. The first-order valence-corrected chi connectivity index (χ1v) is 8.45. The van der Waals surface area contributed by atoms with Crippen LogP contribution in [0.5, 0.6) is 0 Å². The van der Waals surface area contributed by atoms with E-state index in [4.69, 9.17) is 0 Å². The van der Waals surface area contributed by atoms with E-state index in [0.717, 1.165) is 53.6 Å². The summed E-state index contributed by atoms with van der Waals surface area (Å²) in [5.74, 6) is 2.65. The van der Waals surface area contributed by atoms with Gasteiger partial charge in [0, 0.05) is 11.1 Å². The monoisotopic (exact) mass is 295 g/mol. The summed E-state index contributed by atoms with van der Waals surface area (Å²) in [4.78, 5) is 13.0. The van der Waals surface area contributed by atoms with E-state index in [-0.39, 0.29) is 11.3 Å². The molecule has 2 N–H and O–H groups in total. The van der Waals surface area contributed by atoms with Crippen molar-refractivity contribution < 1.29 is 4.79 Å². The summed E-state index contributed by atoms with van der Waals surface area (Å²) in [6, 6.07) is 5.98. The molecule has 0 spiro atoms. The average Bonchev–Trinajstić information content (AvgIpc) is 2.93. The van der Waals surface area contributed by atoms with Crippen molar-refractivity contribution in [2.24, 2.45) is 23.2 Å². The van der Waals surface area contributed by atoms with Crippen LogP contribution in [-0.2, 0) is 4.79 Å². The van der Waals surface area contributed by atoms with Crippen molar-refractivity contribution in [2.75, 3.05) is 5.32 Å². The van der Waals surface area contributed by atoms with Crippen molar-refractivity contribution in [1.29, 1.82) is 0 Å². The number of hydrogen-bond donors (Lipinski definition) is 2. The van der Waals surface area contributed by atoms with Gasteiger partial charge in [-0.3, -0.25) is 9.89 Å². The Labute approximate surface area is 129 Å². The van der Waals surface area contributed by atoms with Crippen molar-refractivity contribution >= 4 is 22.5 Å². The fourth-order valence-corrected chi connectivity index (χ4v) is 5.67. The molecule has 0 atom stereocenters. The highest BCUT2D eigenvalue weighted by atomic mass is 16.2. The quantitative estimate of drug-likeness (QED) is 0.887. The standard InChI is InChI=1S/C18H21N3O/c22-17(20-15-2-1-14-10-19-21-16(14)6-15)18-7-11-3-12(8-18)5-13(4-11)9-18/h1-2,6,10-13H,3-5,7-9H2,(H,19,21)(H,20,22). The Hall–Kier alpha value is -1.84. The molecule has 0 aliphatic heterocycles. The van der Waals surface area contributed by atoms with Crippen molar-refractivity contribution in [2.45, 2.75) is 38.5 Å². The average molecular weight is 295 g/mol. The van der Waals surface area contributed by atoms with Crippen molar-refractivity contribution in [3.63, 3.8) is 0 Å². The summed E-state index contributed by atoms with van der Waals surface area (Å²) < 4.78 is 0. The van der Waals surface area contributed by atoms with Crippen LogP contribution in [0.2, 0.25) is 0 Å². The SMILES string of the molecule is O=C(Nc1ccc2cn[nH]c2c1)C12CC3CC(CC(C3)C1)C2. The number of rotatable bonds is 2. The number of amides is 1. The van der Waals surface area contributed by atoms with Gasteiger partial charge < -0.3 is 5.32 Å². The summed E-state index contributed by atoms with van der Waals surface area (Å²) in [5, 5.41) is 11.3. The van der Waals surface area contributed by atoms with Gasteiger partial charge in [0.15, 0.2) is 0 Å². The summed E-state index contributed by atoms with van der Waals surface area (Å²) in [5.41, 5.74) is 1.78. The van der Waals surface area contributed by atoms with Gasteiger partial charge in [-0.1, -0.05) is 0 Å². The first-order chi connectivity index (χ1) is 10.7. The van der Waals surface area contributed by atoms with E-state index in [1.54, 1.807) is 6.20 Å². The molecule has 22 heavy (non-hydrogen) atoms. The normalized spacial score (nSPS) is 35.9. The summed E-state index contributed by atoms with van der Waals surface area (Å²) in [6.07, 6.45) is 9.23. The van der Waals surface area contributed by atoms with Gasteiger partial charge in [0.05, 0.1) is 17.1 Å². The number of carbonyl (C=O) groups excluding carboxylic acids is 1. The molecule has 1 heterocycles. The van der Waals surface area contributed by atoms with Crippen LogP contribution in [0.3, 0.4) is 0 Å². The molecular formula is C18H21N3O. The number of fused-ring (bicyclic) bond motifs is 1. The van der Waals surface area contributed by atoms with Crippen LogP contribution < -0.4 is 5.32 Å². The molecule has 4 nitrogen and oxygen atoms in total. The zero-order valence-electron chi connectivity index (χ0n) is 12.6. The molecule has 0 saturated heterocycles. The molecular weight excluding hydrogens is 274 g/mol. The minimum atomic E-state index is -0.0856. The molecule has 114 valence electrons. The molecule has 4 aliphatic rings. The van der Waals surface area contributed by atoms with Gasteiger partial charge in [0.25, 0.3) is 0 Å². The Balaban J connectivity index is 1.42. The van der Waals surface area contributed by atoms with Crippen LogP contribution in [0.4, 0.5) is 5.69 Å². The molecule has 2 aromatic rings. The molecule has 6 rings (SSSR count). The number of aromatic nitrogens is 2. The van der Waals surface area contributed by atoms with Crippen LogP contribution in [0.25, 0.3) is 10.9 Å². The number of hydrogen-bond acceptors (Lipinski definition) is 2. The predicted molar refractivity (Wildman–Crippen MR) is 85.3 cm³/mol. The van der Waals surface area contributed by atoms with E-state index in [2.05, 4.69) is 15.5 Å². The maximum atomic E-state index is 13.0.